The lowest BCUT2D eigenvalue weighted by molar-refractivity contribution is 0.0692. The van der Waals surface area contributed by atoms with E-state index in [9.17, 15) is 9.18 Å². The summed E-state index contributed by atoms with van der Waals surface area (Å²) in [6.07, 6.45) is 0. The van der Waals surface area contributed by atoms with Gasteiger partial charge in [-0.25, -0.2) is 9.18 Å². The first-order chi connectivity index (χ1) is 6.59. The number of carboxylic acids is 1. The van der Waals surface area contributed by atoms with Gasteiger partial charge in [0.1, 0.15) is 5.82 Å². The van der Waals surface area contributed by atoms with Crippen LogP contribution in [0.3, 0.4) is 0 Å². The number of carboxylic acid groups (broad SMARTS) is 1. The van der Waals surface area contributed by atoms with Gasteiger partial charge in [-0.05, 0) is 12.1 Å². The molecular weight excluding hydrogens is 207 g/mol. The maximum atomic E-state index is 13.4. The van der Waals surface area contributed by atoms with Crippen molar-refractivity contribution < 1.29 is 19.4 Å². The molecule has 0 saturated carbocycles. The van der Waals surface area contributed by atoms with Gasteiger partial charge < -0.3 is 10.2 Å². The van der Waals surface area contributed by atoms with Crippen molar-refractivity contribution in [3.05, 3.63) is 29.6 Å². The Morgan fingerprint density at radius 3 is 2.79 bits per heavy atom. The first-order valence-corrected chi connectivity index (χ1v) is 4.55. The van der Waals surface area contributed by atoms with Gasteiger partial charge >= 0.3 is 5.97 Å². The lowest BCUT2D eigenvalue weighted by Gasteiger charge is -1.97. The molecule has 5 heteroatoms. The largest absolute Gasteiger partial charge is 0.499 e. The van der Waals surface area contributed by atoms with E-state index in [1.165, 1.54) is 18.2 Å². The molecule has 3 nitrogen and oxygen atoms in total. The number of carbonyl (C=O) groups is 1. The topological polar surface area (TPSA) is 57.5 Å². The Bertz CT molecular complexity index is 518. The lowest BCUT2D eigenvalue weighted by atomic mass is 10.1. The third-order valence-electron chi connectivity index (χ3n) is 1.85. The Morgan fingerprint density at radius 1 is 1.43 bits per heavy atom. The summed E-state index contributed by atoms with van der Waals surface area (Å²) in [4.78, 5) is 10.6. The Kier molecular flexibility index (Phi) is 1.89. The quantitative estimate of drug-likeness (QED) is 0.763. The number of fused-ring (bicyclic) bond motifs is 1. The van der Waals surface area contributed by atoms with Crippen LogP contribution in [0.5, 0.6) is 5.06 Å². The number of hydrogen-bond acceptors (Lipinski definition) is 3. The Labute approximate surface area is 82.0 Å². The summed E-state index contributed by atoms with van der Waals surface area (Å²) in [6.45, 7) is 0. The number of benzene rings is 1. The maximum Gasteiger partial charge on any atom is 0.338 e. The van der Waals surface area contributed by atoms with Gasteiger partial charge in [0.15, 0.2) is 5.06 Å². The highest BCUT2D eigenvalue weighted by Crippen LogP contribution is 2.33. The van der Waals surface area contributed by atoms with Crippen molar-refractivity contribution in [2.75, 3.05) is 0 Å². The molecule has 1 heterocycles. The number of rotatable bonds is 1. The molecule has 0 spiro atoms. The molecule has 0 unspecified atom stereocenters. The molecule has 0 atom stereocenters. The van der Waals surface area contributed by atoms with Crippen LogP contribution in [0.25, 0.3) is 10.1 Å². The van der Waals surface area contributed by atoms with Crippen molar-refractivity contribution in [2.24, 2.45) is 0 Å². The zero-order valence-corrected chi connectivity index (χ0v) is 7.64. The van der Waals surface area contributed by atoms with E-state index >= 15 is 0 Å². The predicted molar refractivity (Wildman–Crippen MR) is 50.4 cm³/mol. The Hall–Kier alpha value is -1.62. The van der Waals surface area contributed by atoms with E-state index in [1.807, 2.05) is 0 Å². The fraction of sp³-hybridized carbons (Fsp3) is 0. The molecule has 2 rings (SSSR count). The number of halogens is 1. The van der Waals surface area contributed by atoms with Crippen molar-refractivity contribution in [2.45, 2.75) is 0 Å². The van der Waals surface area contributed by atoms with E-state index in [0.717, 1.165) is 11.3 Å². The Morgan fingerprint density at radius 2 is 2.14 bits per heavy atom. The summed E-state index contributed by atoms with van der Waals surface area (Å²) in [5.41, 5.74) is -0.379. The highest BCUT2D eigenvalue weighted by Gasteiger charge is 2.14. The second-order valence-corrected chi connectivity index (χ2v) is 3.79. The van der Waals surface area contributed by atoms with Crippen molar-refractivity contribution in [3.63, 3.8) is 0 Å². The van der Waals surface area contributed by atoms with Gasteiger partial charge in [-0.3, -0.25) is 0 Å². The van der Waals surface area contributed by atoms with Crippen LogP contribution in [0.1, 0.15) is 10.4 Å². The van der Waals surface area contributed by atoms with E-state index in [2.05, 4.69) is 0 Å². The van der Waals surface area contributed by atoms with E-state index in [4.69, 9.17) is 10.2 Å². The van der Waals surface area contributed by atoms with Crippen LogP contribution >= 0.6 is 11.3 Å². The van der Waals surface area contributed by atoms with Crippen molar-refractivity contribution in [1.29, 1.82) is 0 Å². The fourth-order valence-electron chi connectivity index (χ4n) is 1.23. The normalized spacial score (nSPS) is 10.6. The number of hydrogen-bond donors (Lipinski definition) is 2. The van der Waals surface area contributed by atoms with Crippen LogP contribution < -0.4 is 0 Å². The number of aromatic hydroxyl groups is 1. The molecule has 1 aromatic heterocycles. The van der Waals surface area contributed by atoms with Gasteiger partial charge in [0.25, 0.3) is 0 Å². The molecule has 2 aromatic rings. The average Bonchev–Trinajstić information content (AvgIpc) is 2.46. The SMILES string of the molecule is O=C(O)c1ccc2sc(O)cc2c1F. The summed E-state index contributed by atoms with van der Waals surface area (Å²) in [7, 11) is 0. The molecular formula is C9H5FO3S. The second kappa shape index (κ2) is 2.95. The van der Waals surface area contributed by atoms with Crippen molar-refractivity contribution in [3.8, 4) is 5.06 Å². The molecule has 0 aliphatic carbocycles. The van der Waals surface area contributed by atoms with Crippen LogP contribution in [0.4, 0.5) is 4.39 Å². The second-order valence-electron chi connectivity index (χ2n) is 2.73. The van der Waals surface area contributed by atoms with Gasteiger partial charge in [-0.15, -0.1) is 0 Å². The minimum atomic E-state index is -1.31. The van der Waals surface area contributed by atoms with Gasteiger partial charge in [0.2, 0.25) is 0 Å². The molecule has 0 radical (unpaired) electrons. The number of aromatic carboxylic acids is 1. The van der Waals surface area contributed by atoms with Gasteiger partial charge in [-0.1, -0.05) is 11.3 Å². The standard InChI is InChI=1S/C9H5FO3S/c10-8-4(9(12)13)1-2-6-5(8)3-7(11)14-6/h1-3,11H,(H,12,13). The molecule has 72 valence electrons. The van der Waals surface area contributed by atoms with Crippen molar-refractivity contribution >= 4 is 27.4 Å². The van der Waals surface area contributed by atoms with Gasteiger partial charge in [0, 0.05) is 16.2 Å². The summed E-state index contributed by atoms with van der Waals surface area (Å²) >= 11 is 1.01. The van der Waals surface area contributed by atoms with E-state index in [-0.39, 0.29) is 16.0 Å². The summed E-state index contributed by atoms with van der Waals surface area (Å²) in [6, 6.07) is 3.89. The third-order valence-corrected chi connectivity index (χ3v) is 2.76. The lowest BCUT2D eigenvalue weighted by Crippen LogP contribution is -1.99. The van der Waals surface area contributed by atoms with Crippen LogP contribution in [-0.2, 0) is 0 Å². The highest BCUT2D eigenvalue weighted by atomic mass is 32.1. The van der Waals surface area contributed by atoms with E-state index in [1.54, 1.807) is 0 Å². The summed E-state index contributed by atoms with van der Waals surface area (Å²) in [5.74, 6) is -2.11. The molecule has 0 aliphatic heterocycles. The van der Waals surface area contributed by atoms with E-state index in [0.29, 0.717) is 4.70 Å². The minimum absolute atomic E-state index is 0.0264. The van der Waals surface area contributed by atoms with Crippen LogP contribution in [0.15, 0.2) is 18.2 Å². The van der Waals surface area contributed by atoms with Crippen LogP contribution in [-0.4, -0.2) is 16.2 Å². The first-order valence-electron chi connectivity index (χ1n) is 3.74. The molecule has 2 N–H and O–H groups in total. The molecule has 0 saturated heterocycles. The minimum Gasteiger partial charge on any atom is -0.499 e. The average molecular weight is 212 g/mol. The number of thiophene rings is 1. The summed E-state index contributed by atoms with van der Waals surface area (Å²) in [5, 5.41) is 17.9. The highest BCUT2D eigenvalue weighted by molar-refractivity contribution is 7.20. The zero-order valence-electron chi connectivity index (χ0n) is 6.82. The maximum absolute atomic E-state index is 13.4. The molecule has 0 fully saturated rings. The van der Waals surface area contributed by atoms with Gasteiger partial charge in [-0.2, -0.15) is 0 Å². The third kappa shape index (κ3) is 1.22. The zero-order chi connectivity index (χ0) is 10.3. The van der Waals surface area contributed by atoms with Crippen LogP contribution in [0.2, 0.25) is 0 Å². The fourth-order valence-corrected chi connectivity index (χ4v) is 2.03. The predicted octanol–water partition coefficient (Wildman–Crippen LogP) is 2.44. The monoisotopic (exact) mass is 212 g/mol. The van der Waals surface area contributed by atoms with Crippen LogP contribution in [0, 0.1) is 5.82 Å². The Balaban J connectivity index is 2.80. The molecule has 1 aromatic carbocycles. The first kappa shape index (κ1) is 8.96. The molecule has 0 aliphatic rings. The molecule has 0 amide bonds. The van der Waals surface area contributed by atoms with Crippen molar-refractivity contribution in [1.82, 2.24) is 0 Å². The molecule has 0 bridgehead atoms. The van der Waals surface area contributed by atoms with E-state index < -0.39 is 11.8 Å². The summed E-state index contributed by atoms with van der Waals surface area (Å²) < 4.78 is 14.0. The smallest absolute Gasteiger partial charge is 0.338 e. The molecule has 14 heavy (non-hydrogen) atoms. The van der Waals surface area contributed by atoms with Gasteiger partial charge in [0.05, 0.1) is 5.56 Å².